The summed E-state index contributed by atoms with van der Waals surface area (Å²) in [6, 6.07) is 4.53. The molecule has 0 radical (unpaired) electrons. The van der Waals surface area contributed by atoms with Crippen LogP contribution in [0.3, 0.4) is 0 Å². The van der Waals surface area contributed by atoms with Crippen molar-refractivity contribution in [3.05, 3.63) is 34.2 Å². The molecule has 1 aromatic rings. The molecule has 17 heavy (non-hydrogen) atoms. The van der Waals surface area contributed by atoms with Crippen molar-refractivity contribution in [2.75, 3.05) is 6.54 Å². The van der Waals surface area contributed by atoms with Crippen molar-refractivity contribution in [2.45, 2.75) is 45.2 Å². The Kier molecular flexibility index (Phi) is 4.00. The molecular formula is C14H22N2O. The fraction of sp³-hybridized carbons (Fsp3) is 0.643. The monoisotopic (exact) mass is 234 g/mol. The number of hydrogen-bond donors (Lipinski definition) is 0. The van der Waals surface area contributed by atoms with E-state index < -0.39 is 0 Å². The molecule has 3 heteroatoms. The van der Waals surface area contributed by atoms with Gasteiger partial charge in [0.05, 0.1) is 0 Å². The Morgan fingerprint density at radius 1 is 1.41 bits per heavy atom. The molecule has 0 saturated carbocycles. The van der Waals surface area contributed by atoms with Crippen LogP contribution in [-0.2, 0) is 13.6 Å². The number of hydrogen-bond acceptors (Lipinski definition) is 2. The molecule has 0 spiro atoms. The maximum atomic E-state index is 11.6. The summed E-state index contributed by atoms with van der Waals surface area (Å²) >= 11 is 0. The summed E-state index contributed by atoms with van der Waals surface area (Å²) in [5, 5.41) is 0. The van der Waals surface area contributed by atoms with Gasteiger partial charge in [0.1, 0.15) is 0 Å². The van der Waals surface area contributed by atoms with Crippen LogP contribution in [0, 0.1) is 0 Å². The first-order chi connectivity index (χ1) is 8.20. The highest BCUT2D eigenvalue weighted by Crippen LogP contribution is 2.21. The average Bonchev–Trinajstić information content (AvgIpc) is 2.34. The van der Waals surface area contributed by atoms with Gasteiger partial charge in [-0.1, -0.05) is 13.3 Å². The molecule has 94 valence electrons. The molecule has 1 aliphatic rings. The Bertz CT molecular complexity index is 424. The number of pyridine rings is 1. The minimum atomic E-state index is 0.0903. The largest absolute Gasteiger partial charge is 0.319 e. The van der Waals surface area contributed by atoms with Gasteiger partial charge >= 0.3 is 0 Å². The predicted molar refractivity (Wildman–Crippen MR) is 70.0 cm³/mol. The smallest absolute Gasteiger partial charge is 0.250 e. The molecule has 0 amide bonds. The van der Waals surface area contributed by atoms with Crippen LogP contribution < -0.4 is 5.56 Å². The molecule has 0 aliphatic carbocycles. The molecule has 1 fully saturated rings. The van der Waals surface area contributed by atoms with E-state index in [0.29, 0.717) is 6.04 Å². The van der Waals surface area contributed by atoms with E-state index in [-0.39, 0.29) is 5.56 Å². The van der Waals surface area contributed by atoms with Gasteiger partial charge in [-0.3, -0.25) is 9.69 Å². The Hall–Kier alpha value is -1.09. The van der Waals surface area contributed by atoms with Crippen molar-refractivity contribution in [1.29, 1.82) is 0 Å². The van der Waals surface area contributed by atoms with E-state index in [9.17, 15) is 4.79 Å². The van der Waals surface area contributed by atoms with Gasteiger partial charge in [-0.15, -0.1) is 0 Å². The number of piperidine rings is 1. The van der Waals surface area contributed by atoms with Crippen LogP contribution in [0.15, 0.2) is 23.1 Å². The second-order valence-electron chi connectivity index (χ2n) is 5.01. The van der Waals surface area contributed by atoms with Crippen molar-refractivity contribution in [3.63, 3.8) is 0 Å². The average molecular weight is 234 g/mol. The maximum Gasteiger partial charge on any atom is 0.250 e. The highest BCUT2D eigenvalue weighted by molar-refractivity contribution is 5.11. The quantitative estimate of drug-likeness (QED) is 0.800. The molecule has 1 atom stereocenters. The van der Waals surface area contributed by atoms with Gasteiger partial charge in [-0.05, 0) is 37.4 Å². The summed E-state index contributed by atoms with van der Waals surface area (Å²) in [5.74, 6) is 0. The minimum Gasteiger partial charge on any atom is -0.319 e. The van der Waals surface area contributed by atoms with Gasteiger partial charge in [-0.2, -0.15) is 0 Å². The van der Waals surface area contributed by atoms with E-state index in [1.807, 2.05) is 6.20 Å². The van der Waals surface area contributed by atoms with E-state index in [1.165, 1.54) is 32.2 Å². The van der Waals surface area contributed by atoms with Crippen LogP contribution >= 0.6 is 0 Å². The fourth-order valence-corrected chi connectivity index (χ4v) is 2.65. The minimum absolute atomic E-state index is 0.0903. The fourth-order valence-electron chi connectivity index (χ4n) is 2.65. The third-order valence-electron chi connectivity index (χ3n) is 3.77. The van der Waals surface area contributed by atoms with Crippen LogP contribution in [0.25, 0.3) is 0 Å². The molecule has 1 aliphatic heterocycles. The molecule has 0 bridgehead atoms. The molecule has 0 aromatic carbocycles. The lowest BCUT2D eigenvalue weighted by Crippen LogP contribution is -2.38. The summed E-state index contributed by atoms with van der Waals surface area (Å²) in [5.41, 5.74) is 1.24. The first-order valence-electron chi connectivity index (χ1n) is 6.60. The first-order valence-corrected chi connectivity index (χ1v) is 6.60. The van der Waals surface area contributed by atoms with Crippen LogP contribution in [-0.4, -0.2) is 22.1 Å². The zero-order chi connectivity index (χ0) is 12.3. The van der Waals surface area contributed by atoms with Crippen LogP contribution in [0.1, 0.15) is 38.2 Å². The lowest BCUT2D eigenvalue weighted by Gasteiger charge is -2.35. The van der Waals surface area contributed by atoms with Gasteiger partial charge in [0.15, 0.2) is 0 Å². The zero-order valence-electron chi connectivity index (χ0n) is 10.9. The lowest BCUT2D eigenvalue weighted by molar-refractivity contribution is 0.136. The summed E-state index contributed by atoms with van der Waals surface area (Å²) in [7, 11) is 1.79. The predicted octanol–water partition coefficient (Wildman–Crippen LogP) is 2.15. The zero-order valence-corrected chi connectivity index (χ0v) is 10.9. The topological polar surface area (TPSA) is 25.2 Å². The Labute approximate surface area is 103 Å². The van der Waals surface area contributed by atoms with Crippen molar-refractivity contribution < 1.29 is 0 Å². The van der Waals surface area contributed by atoms with Crippen molar-refractivity contribution >= 4 is 0 Å². The molecule has 1 aromatic heterocycles. The second-order valence-corrected chi connectivity index (χ2v) is 5.01. The van der Waals surface area contributed by atoms with Crippen LogP contribution in [0.2, 0.25) is 0 Å². The van der Waals surface area contributed by atoms with Crippen molar-refractivity contribution in [2.24, 2.45) is 7.05 Å². The third kappa shape index (κ3) is 2.97. The second kappa shape index (κ2) is 5.50. The van der Waals surface area contributed by atoms with Crippen molar-refractivity contribution in [1.82, 2.24) is 9.47 Å². The maximum absolute atomic E-state index is 11.6. The SMILES string of the molecule is CCC1CCCCN1Cc1ccn(C)c(=O)c1. The van der Waals surface area contributed by atoms with E-state index in [2.05, 4.69) is 17.9 Å². The summed E-state index contributed by atoms with van der Waals surface area (Å²) in [6.07, 6.45) is 7.03. The Balaban J connectivity index is 2.08. The van der Waals surface area contributed by atoms with Gasteiger partial charge in [-0.25, -0.2) is 0 Å². The molecule has 2 heterocycles. The summed E-state index contributed by atoms with van der Waals surface area (Å²) in [6.45, 7) is 4.36. The molecule has 3 nitrogen and oxygen atoms in total. The number of rotatable bonds is 3. The van der Waals surface area contributed by atoms with E-state index in [4.69, 9.17) is 0 Å². The molecule has 1 saturated heterocycles. The van der Waals surface area contributed by atoms with E-state index in [1.54, 1.807) is 17.7 Å². The number of aryl methyl sites for hydroxylation is 1. The molecule has 0 N–H and O–H groups in total. The van der Waals surface area contributed by atoms with Gasteiger partial charge in [0.2, 0.25) is 0 Å². The standard InChI is InChI=1S/C14H22N2O/c1-3-13-6-4-5-8-16(13)11-12-7-9-15(2)14(17)10-12/h7,9-10,13H,3-6,8,11H2,1-2H3. The normalized spacial score (nSPS) is 21.6. The molecular weight excluding hydrogens is 212 g/mol. The van der Waals surface area contributed by atoms with Gasteiger partial charge in [0.25, 0.3) is 5.56 Å². The highest BCUT2D eigenvalue weighted by atomic mass is 16.1. The number of likely N-dealkylation sites (tertiary alicyclic amines) is 1. The van der Waals surface area contributed by atoms with Crippen molar-refractivity contribution in [3.8, 4) is 0 Å². The van der Waals surface area contributed by atoms with Crippen LogP contribution in [0.4, 0.5) is 0 Å². The summed E-state index contributed by atoms with van der Waals surface area (Å²) in [4.78, 5) is 14.1. The first kappa shape index (κ1) is 12.4. The van der Waals surface area contributed by atoms with E-state index in [0.717, 1.165) is 12.1 Å². The van der Waals surface area contributed by atoms with Gasteiger partial charge < -0.3 is 4.57 Å². The Morgan fingerprint density at radius 3 is 2.94 bits per heavy atom. The number of aromatic nitrogens is 1. The van der Waals surface area contributed by atoms with Crippen LogP contribution in [0.5, 0.6) is 0 Å². The molecule has 2 rings (SSSR count). The Morgan fingerprint density at radius 2 is 2.24 bits per heavy atom. The lowest BCUT2D eigenvalue weighted by atomic mass is 9.99. The highest BCUT2D eigenvalue weighted by Gasteiger charge is 2.20. The molecule has 1 unspecified atom stereocenters. The van der Waals surface area contributed by atoms with Gasteiger partial charge in [0, 0.05) is 31.9 Å². The number of nitrogens with zero attached hydrogens (tertiary/aromatic N) is 2. The van der Waals surface area contributed by atoms with E-state index >= 15 is 0 Å². The third-order valence-corrected chi connectivity index (χ3v) is 3.77. The summed E-state index contributed by atoms with van der Waals surface area (Å²) < 4.78 is 1.62.